The Hall–Kier alpha value is -3.31. The van der Waals surface area contributed by atoms with E-state index in [2.05, 4.69) is 28.8 Å². The molecule has 5 rings (SSSR count). The van der Waals surface area contributed by atoms with Gasteiger partial charge in [0.25, 0.3) is 5.91 Å². The minimum Gasteiger partial charge on any atom is -0.490 e. The Morgan fingerprint density at radius 2 is 1.44 bits per heavy atom. The lowest BCUT2D eigenvalue weighted by Crippen LogP contribution is -2.36. The Kier molecular flexibility index (Phi) is 5.82. The maximum Gasteiger partial charge on any atom is 0.257 e. The molecule has 5 heteroatoms. The van der Waals surface area contributed by atoms with E-state index in [1.165, 1.54) is 17.2 Å². The summed E-state index contributed by atoms with van der Waals surface area (Å²) in [6, 6.07) is 23.8. The second kappa shape index (κ2) is 9.05. The highest BCUT2D eigenvalue weighted by Gasteiger charge is 2.22. The van der Waals surface area contributed by atoms with Gasteiger partial charge >= 0.3 is 0 Å². The molecule has 0 spiro atoms. The summed E-state index contributed by atoms with van der Waals surface area (Å²) in [5.74, 6) is 0.543. The van der Waals surface area contributed by atoms with Crippen LogP contribution in [0.1, 0.15) is 29.6 Å². The zero-order chi connectivity index (χ0) is 21.9. The van der Waals surface area contributed by atoms with Crippen LogP contribution >= 0.6 is 0 Å². The molecule has 0 saturated carbocycles. The number of para-hydroxylation sites is 3. The molecule has 5 nitrogen and oxygen atoms in total. The SMILES string of the molecule is O=C(c1ccccc1OC[C@@H](O)Cn1c2ccccc2c2ccccc21)N1CCCCC1. The summed E-state index contributed by atoms with van der Waals surface area (Å²) in [5, 5.41) is 13.2. The van der Waals surface area contributed by atoms with Crippen molar-refractivity contribution in [1.82, 2.24) is 9.47 Å². The monoisotopic (exact) mass is 428 g/mol. The van der Waals surface area contributed by atoms with Crippen molar-refractivity contribution in [2.24, 2.45) is 0 Å². The van der Waals surface area contributed by atoms with Gasteiger partial charge in [-0.2, -0.15) is 0 Å². The van der Waals surface area contributed by atoms with Gasteiger partial charge in [-0.15, -0.1) is 0 Å². The van der Waals surface area contributed by atoms with E-state index in [9.17, 15) is 9.90 Å². The largest absolute Gasteiger partial charge is 0.490 e. The Labute approximate surface area is 187 Å². The van der Waals surface area contributed by atoms with Crippen LogP contribution in [-0.4, -0.2) is 46.3 Å². The fraction of sp³-hybridized carbons (Fsp3) is 0.296. The summed E-state index contributed by atoms with van der Waals surface area (Å²) in [6.07, 6.45) is 2.56. The number of hydrogen-bond donors (Lipinski definition) is 1. The summed E-state index contributed by atoms with van der Waals surface area (Å²) in [5.41, 5.74) is 2.75. The van der Waals surface area contributed by atoms with Crippen LogP contribution in [0.5, 0.6) is 5.75 Å². The normalized spacial score (nSPS) is 15.2. The number of benzene rings is 3. The van der Waals surface area contributed by atoms with Crippen LogP contribution in [0.15, 0.2) is 72.8 Å². The molecule has 1 aromatic heterocycles. The van der Waals surface area contributed by atoms with E-state index >= 15 is 0 Å². The van der Waals surface area contributed by atoms with Crippen LogP contribution in [0.25, 0.3) is 21.8 Å². The lowest BCUT2D eigenvalue weighted by molar-refractivity contribution is 0.0705. The van der Waals surface area contributed by atoms with Crippen molar-refractivity contribution in [2.45, 2.75) is 31.9 Å². The average Bonchev–Trinajstić information content (AvgIpc) is 3.17. The topological polar surface area (TPSA) is 54.7 Å². The maximum atomic E-state index is 13.0. The molecule has 32 heavy (non-hydrogen) atoms. The van der Waals surface area contributed by atoms with Gasteiger partial charge in [0, 0.05) is 34.9 Å². The Balaban J connectivity index is 1.33. The second-order valence-corrected chi connectivity index (χ2v) is 8.46. The molecule has 164 valence electrons. The number of rotatable bonds is 6. The minimum atomic E-state index is -0.715. The first-order valence-electron chi connectivity index (χ1n) is 11.4. The molecule has 1 aliphatic heterocycles. The highest BCUT2D eigenvalue weighted by Crippen LogP contribution is 2.29. The number of aliphatic hydroxyl groups is 1. The minimum absolute atomic E-state index is 0.0113. The standard InChI is InChI=1S/C27H28N2O3/c30-20(18-29-24-13-5-2-10-21(24)22-11-3-6-14-25(22)29)19-32-26-15-7-4-12-23(26)27(31)28-16-8-1-9-17-28/h2-7,10-15,20,30H,1,8-9,16-19H2/t20-/m0/s1. The quantitative estimate of drug-likeness (QED) is 0.477. The number of likely N-dealkylation sites (tertiary alicyclic amines) is 1. The van der Waals surface area contributed by atoms with E-state index in [4.69, 9.17) is 4.74 Å². The molecule has 1 N–H and O–H groups in total. The number of amides is 1. The van der Waals surface area contributed by atoms with Crippen molar-refractivity contribution in [3.05, 3.63) is 78.4 Å². The van der Waals surface area contributed by atoms with E-state index in [1.807, 2.05) is 53.4 Å². The van der Waals surface area contributed by atoms with Gasteiger partial charge in [-0.1, -0.05) is 48.5 Å². The fourth-order valence-electron chi connectivity index (χ4n) is 4.69. The van der Waals surface area contributed by atoms with Crippen LogP contribution in [0.3, 0.4) is 0 Å². The van der Waals surface area contributed by atoms with Crippen LogP contribution in [0, 0.1) is 0 Å². The molecule has 1 aliphatic rings. The van der Waals surface area contributed by atoms with Gasteiger partial charge in [0.1, 0.15) is 18.5 Å². The lowest BCUT2D eigenvalue weighted by atomic mass is 10.1. The predicted octanol–water partition coefficient (Wildman–Crippen LogP) is 4.86. The number of hydrogen-bond acceptors (Lipinski definition) is 3. The third-order valence-electron chi connectivity index (χ3n) is 6.27. The smallest absolute Gasteiger partial charge is 0.257 e. The van der Waals surface area contributed by atoms with Gasteiger partial charge in [-0.25, -0.2) is 0 Å². The molecule has 1 atom stereocenters. The number of ether oxygens (including phenoxy) is 1. The van der Waals surface area contributed by atoms with E-state index < -0.39 is 6.10 Å². The number of aliphatic hydroxyl groups excluding tert-OH is 1. The third-order valence-corrected chi connectivity index (χ3v) is 6.27. The summed E-state index contributed by atoms with van der Waals surface area (Å²) in [4.78, 5) is 14.9. The Bertz CT molecular complexity index is 1190. The van der Waals surface area contributed by atoms with Crippen LogP contribution in [0.2, 0.25) is 0 Å². The molecule has 4 aromatic rings. The van der Waals surface area contributed by atoms with Gasteiger partial charge in [-0.05, 0) is 43.5 Å². The van der Waals surface area contributed by atoms with Crippen molar-refractivity contribution >= 4 is 27.7 Å². The number of aromatic nitrogens is 1. The zero-order valence-electron chi connectivity index (χ0n) is 18.1. The number of nitrogens with zero attached hydrogens (tertiary/aromatic N) is 2. The summed E-state index contributed by atoms with van der Waals surface area (Å²) >= 11 is 0. The van der Waals surface area contributed by atoms with E-state index in [1.54, 1.807) is 0 Å². The van der Waals surface area contributed by atoms with Gasteiger partial charge < -0.3 is 19.3 Å². The van der Waals surface area contributed by atoms with E-state index in [-0.39, 0.29) is 12.5 Å². The fourth-order valence-corrected chi connectivity index (χ4v) is 4.69. The number of fused-ring (bicyclic) bond motifs is 3. The Morgan fingerprint density at radius 3 is 2.12 bits per heavy atom. The molecule has 1 fully saturated rings. The summed E-state index contributed by atoms with van der Waals surface area (Å²) in [6.45, 7) is 2.12. The molecular formula is C27H28N2O3. The van der Waals surface area contributed by atoms with Crippen molar-refractivity contribution in [3.63, 3.8) is 0 Å². The van der Waals surface area contributed by atoms with Crippen LogP contribution in [-0.2, 0) is 6.54 Å². The number of carbonyl (C=O) groups excluding carboxylic acids is 1. The zero-order valence-corrected chi connectivity index (χ0v) is 18.1. The van der Waals surface area contributed by atoms with Gasteiger partial charge in [0.15, 0.2) is 0 Å². The Morgan fingerprint density at radius 1 is 0.844 bits per heavy atom. The summed E-state index contributed by atoms with van der Waals surface area (Å²) in [7, 11) is 0. The van der Waals surface area contributed by atoms with E-state index in [0.717, 1.165) is 37.0 Å². The average molecular weight is 429 g/mol. The van der Waals surface area contributed by atoms with Crippen molar-refractivity contribution in [3.8, 4) is 5.75 Å². The van der Waals surface area contributed by atoms with Crippen molar-refractivity contribution in [1.29, 1.82) is 0 Å². The highest BCUT2D eigenvalue weighted by atomic mass is 16.5. The molecule has 1 amide bonds. The van der Waals surface area contributed by atoms with Gasteiger partial charge in [0.05, 0.1) is 12.1 Å². The highest BCUT2D eigenvalue weighted by molar-refractivity contribution is 6.07. The lowest BCUT2D eigenvalue weighted by Gasteiger charge is -2.27. The van der Waals surface area contributed by atoms with Gasteiger partial charge in [0.2, 0.25) is 0 Å². The first kappa shape index (κ1) is 20.6. The number of carbonyl (C=O) groups is 1. The molecule has 0 aliphatic carbocycles. The van der Waals surface area contributed by atoms with E-state index in [0.29, 0.717) is 17.9 Å². The molecule has 3 aromatic carbocycles. The predicted molar refractivity (Wildman–Crippen MR) is 127 cm³/mol. The molecule has 0 radical (unpaired) electrons. The van der Waals surface area contributed by atoms with Crippen molar-refractivity contribution < 1.29 is 14.6 Å². The maximum absolute atomic E-state index is 13.0. The molecule has 0 unspecified atom stereocenters. The molecule has 2 heterocycles. The first-order chi connectivity index (χ1) is 15.7. The van der Waals surface area contributed by atoms with Crippen LogP contribution in [0.4, 0.5) is 0 Å². The first-order valence-corrected chi connectivity index (χ1v) is 11.4. The molecule has 1 saturated heterocycles. The van der Waals surface area contributed by atoms with Gasteiger partial charge in [-0.3, -0.25) is 4.79 Å². The molecule has 0 bridgehead atoms. The third kappa shape index (κ3) is 3.96. The second-order valence-electron chi connectivity index (χ2n) is 8.46. The molecular weight excluding hydrogens is 400 g/mol. The number of piperidine rings is 1. The van der Waals surface area contributed by atoms with Crippen LogP contribution < -0.4 is 4.74 Å². The summed E-state index contributed by atoms with van der Waals surface area (Å²) < 4.78 is 8.12. The van der Waals surface area contributed by atoms with Crippen molar-refractivity contribution in [2.75, 3.05) is 19.7 Å².